The van der Waals surface area contributed by atoms with Crippen LogP contribution in [-0.4, -0.2) is 5.13 Å². The number of aryl methyl sites for hydroxylation is 1. The molecule has 2 heteroatoms. The van der Waals surface area contributed by atoms with Crippen LogP contribution in [0.5, 0.6) is 0 Å². The molecule has 0 heterocycles. The van der Waals surface area contributed by atoms with Crippen molar-refractivity contribution in [2.75, 3.05) is 0 Å². The molecule has 0 amide bonds. The normalized spacial score (nSPS) is 35.6. The van der Waals surface area contributed by atoms with Crippen LogP contribution >= 0.6 is 11.6 Å². The van der Waals surface area contributed by atoms with Gasteiger partial charge in [-0.25, -0.2) is 4.39 Å². The highest BCUT2D eigenvalue weighted by Crippen LogP contribution is 2.64. The van der Waals surface area contributed by atoms with Crippen LogP contribution in [0.15, 0.2) is 30.3 Å². The first-order valence-corrected chi connectivity index (χ1v) is 5.33. The summed E-state index contributed by atoms with van der Waals surface area (Å²) in [7, 11) is 0. The summed E-state index contributed by atoms with van der Waals surface area (Å²) in [5, 5.41) is -1.44. The number of benzene rings is 1. The smallest absolute Gasteiger partial charge is 0.189 e. The van der Waals surface area contributed by atoms with Crippen molar-refractivity contribution in [1.29, 1.82) is 0 Å². The molecule has 0 radical (unpaired) electrons. The van der Waals surface area contributed by atoms with Crippen molar-refractivity contribution in [1.82, 2.24) is 0 Å². The van der Waals surface area contributed by atoms with E-state index >= 15 is 0 Å². The molecule has 2 rings (SSSR count). The first-order chi connectivity index (χ1) is 6.54. The molecule has 1 fully saturated rings. The van der Waals surface area contributed by atoms with Gasteiger partial charge >= 0.3 is 0 Å². The number of hydrogen-bond acceptors (Lipinski definition) is 0. The maximum atomic E-state index is 13.3. The van der Waals surface area contributed by atoms with Crippen LogP contribution in [0.4, 0.5) is 4.39 Å². The van der Waals surface area contributed by atoms with Crippen LogP contribution in [0.25, 0.3) is 0 Å². The van der Waals surface area contributed by atoms with Gasteiger partial charge in [-0.05, 0) is 18.4 Å². The molecule has 0 nitrogen and oxygen atoms in total. The van der Waals surface area contributed by atoms with Gasteiger partial charge in [0, 0.05) is 11.8 Å². The summed E-state index contributed by atoms with van der Waals surface area (Å²) >= 11 is 5.65. The van der Waals surface area contributed by atoms with E-state index in [1.807, 2.05) is 25.1 Å². The molecule has 0 aromatic heterocycles. The third kappa shape index (κ3) is 1.78. The van der Waals surface area contributed by atoms with Crippen LogP contribution in [0.1, 0.15) is 25.3 Å². The molecule has 1 aliphatic rings. The van der Waals surface area contributed by atoms with Crippen molar-refractivity contribution in [2.45, 2.75) is 31.3 Å². The van der Waals surface area contributed by atoms with Crippen LogP contribution in [0.3, 0.4) is 0 Å². The molecule has 2 atom stereocenters. The minimum Gasteiger partial charge on any atom is -0.226 e. The van der Waals surface area contributed by atoms with E-state index in [9.17, 15) is 4.39 Å². The molecule has 1 aliphatic carbocycles. The van der Waals surface area contributed by atoms with Crippen LogP contribution in [0, 0.1) is 5.41 Å². The predicted molar refractivity (Wildman–Crippen MR) is 57.2 cm³/mol. The molecular weight excluding hydrogens is 199 g/mol. The Morgan fingerprint density at radius 1 is 1.36 bits per heavy atom. The Bertz CT molecular complexity index is 320. The summed E-state index contributed by atoms with van der Waals surface area (Å²) in [6, 6.07) is 10.1. The summed E-state index contributed by atoms with van der Waals surface area (Å²) < 4.78 is 13.3. The average Bonchev–Trinajstić information content (AvgIpc) is 2.65. The second kappa shape index (κ2) is 3.23. The van der Waals surface area contributed by atoms with E-state index in [4.69, 9.17) is 11.6 Å². The van der Waals surface area contributed by atoms with E-state index in [0.29, 0.717) is 6.42 Å². The SMILES string of the molecule is C[C@@]1(CCc2ccccc2)CC1(F)Cl. The lowest BCUT2D eigenvalue weighted by molar-refractivity contribution is 0.321. The lowest BCUT2D eigenvalue weighted by Crippen LogP contribution is -2.06. The summed E-state index contributed by atoms with van der Waals surface area (Å²) in [5.74, 6) is 0. The zero-order valence-corrected chi connectivity index (χ0v) is 9.02. The molecule has 0 bridgehead atoms. The largest absolute Gasteiger partial charge is 0.226 e. The fraction of sp³-hybridized carbons (Fsp3) is 0.500. The highest BCUT2D eigenvalue weighted by atomic mass is 35.5. The monoisotopic (exact) mass is 212 g/mol. The number of alkyl halides is 2. The molecule has 1 saturated carbocycles. The summed E-state index contributed by atoms with van der Waals surface area (Å²) in [6.45, 7) is 1.92. The highest BCUT2D eigenvalue weighted by Gasteiger charge is 2.64. The standard InChI is InChI=1S/C12H14ClF/c1-11(9-12(11,13)14)8-7-10-5-3-2-4-6-10/h2-6H,7-9H2,1H3/t11-,12?/m1/s1. The lowest BCUT2D eigenvalue weighted by atomic mass is 9.99. The Morgan fingerprint density at radius 3 is 2.43 bits per heavy atom. The van der Waals surface area contributed by atoms with Gasteiger partial charge in [-0.15, -0.1) is 0 Å². The van der Waals surface area contributed by atoms with E-state index in [0.717, 1.165) is 12.8 Å². The van der Waals surface area contributed by atoms with Gasteiger partial charge in [0.2, 0.25) is 0 Å². The molecule has 0 N–H and O–H groups in total. The topological polar surface area (TPSA) is 0 Å². The zero-order chi connectivity index (χ0) is 10.2. The number of hydrogen-bond donors (Lipinski definition) is 0. The van der Waals surface area contributed by atoms with Gasteiger partial charge in [0.15, 0.2) is 5.13 Å². The quantitative estimate of drug-likeness (QED) is 0.666. The zero-order valence-electron chi connectivity index (χ0n) is 8.26. The van der Waals surface area contributed by atoms with E-state index in [-0.39, 0.29) is 5.41 Å². The van der Waals surface area contributed by atoms with Gasteiger partial charge < -0.3 is 0 Å². The molecule has 1 aromatic rings. The van der Waals surface area contributed by atoms with E-state index in [2.05, 4.69) is 12.1 Å². The number of rotatable bonds is 3. The maximum absolute atomic E-state index is 13.3. The van der Waals surface area contributed by atoms with Crippen molar-refractivity contribution in [3.63, 3.8) is 0 Å². The third-order valence-corrected chi connectivity index (χ3v) is 3.77. The predicted octanol–water partition coefficient (Wildman–Crippen LogP) is 3.93. The fourth-order valence-corrected chi connectivity index (χ4v) is 2.17. The van der Waals surface area contributed by atoms with Crippen LogP contribution in [-0.2, 0) is 6.42 Å². The lowest BCUT2D eigenvalue weighted by Gasteiger charge is -2.10. The molecule has 1 unspecified atom stereocenters. The molecule has 0 aliphatic heterocycles. The summed E-state index contributed by atoms with van der Waals surface area (Å²) in [5.41, 5.74) is 0.956. The van der Waals surface area contributed by atoms with Crippen molar-refractivity contribution >= 4 is 11.6 Å². The Labute approximate surface area is 89.1 Å². The highest BCUT2D eigenvalue weighted by molar-refractivity contribution is 6.25. The van der Waals surface area contributed by atoms with Gasteiger partial charge in [-0.3, -0.25) is 0 Å². The van der Waals surface area contributed by atoms with Crippen molar-refractivity contribution in [3.05, 3.63) is 35.9 Å². The average molecular weight is 213 g/mol. The Kier molecular flexibility index (Phi) is 2.30. The van der Waals surface area contributed by atoms with Crippen molar-refractivity contribution in [2.24, 2.45) is 5.41 Å². The van der Waals surface area contributed by atoms with E-state index in [1.54, 1.807) is 0 Å². The van der Waals surface area contributed by atoms with Crippen LogP contribution in [0.2, 0.25) is 0 Å². The molecule has 14 heavy (non-hydrogen) atoms. The molecule has 0 saturated heterocycles. The molecule has 76 valence electrons. The fourth-order valence-electron chi connectivity index (χ4n) is 1.78. The first kappa shape index (κ1) is 9.97. The molecular formula is C12H14ClF. The Hall–Kier alpha value is -0.560. The van der Waals surface area contributed by atoms with E-state index < -0.39 is 5.13 Å². The second-order valence-electron chi connectivity index (χ2n) is 4.43. The Balaban J connectivity index is 1.91. The van der Waals surface area contributed by atoms with Crippen LogP contribution < -0.4 is 0 Å². The third-order valence-electron chi connectivity index (χ3n) is 3.18. The molecule has 0 spiro atoms. The van der Waals surface area contributed by atoms with Crippen molar-refractivity contribution in [3.8, 4) is 0 Å². The van der Waals surface area contributed by atoms with E-state index in [1.165, 1.54) is 5.56 Å². The van der Waals surface area contributed by atoms with Crippen molar-refractivity contribution < 1.29 is 4.39 Å². The second-order valence-corrected chi connectivity index (χ2v) is 5.03. The Morgan fingerprint density at radius 2 is 1.93 bits per heavy atom. The summed E-state index contributed by atoms with van der Waals surface area (Å²) in [6.07, 6.45) is 2.24. The first-order valence-electron chi connectivity index (χ1n) is 4.95. The van der Waals surface area contributed by atoms with Gasteiger partial charge in [0.05, 0.1) is 0 Å². The number of halogens is 2. The van der Waals surface area contributed by atoms with Gasteiger partial charge in [0.25, 0.3) is 0 Å². The minimum absolute atomic E-state index is 0.301. The summed E-state index contributed by atoms with van der Waals surface area (Å²) in [4.78, 5) is 0. The maximum Gasteiger partial charge on any atom is 0.189 e. The van der Waals surface area contributed by atoms with Gasteiger partial charge in [-0.1, -0.05) is 48.9 Å². The minimum atomic E-state index is -1.44. The van der Waals surface area contributed by atoms with Gasteiger partial charge in [0.1, 0.15) is 0 Å². The van der Waals surface area contributed by atoms with Gasteiger partial charge in [-0.2, -0.15) is 0 Å². The molecule has 1 aromatic carbocycles.